The van der Waals surface area contributed by atoms with Crippen molar-refractivity contribution in [3.8, 4) is 5.75 Å². The predicted octanol–water partition coefficient (Wildman–Crippen LogP) is 1.12. The van der Waals surface area contributed by atoms with Crippen LogP contribution in [0.1, 0.15) is 29.3 Å². The number of hydrogen-bond donors (Lipinski definition) is 0. The molecule has 0 saturated carbocycles. The fourth-order valence-corrected chi connectivity index (χ4v) is 4.19. The molecule has 0 bridgehead atoms. The zero-order valence-corrected chi connectivity index (χ0v) is 14.1. The molecule has 3 rings (SSSR count). The van der Waals surface area contributed by atoms with E-state index in [2.05, 4.69) is 0 Å². The molecule has 0 N–H and O–H groups in total. The zero-order valence-electron chi connectivity index (χ0n) is 13.3. The molecule has 1 fully saturated rings. The number of rotatable bonds is 3. The van der Waals surface area contributed by atoms with Gasteiger partial charge in [-0.3, -0.25) is 4.79 Å². The highest BCUT2D eigenvalue weighted by atomic mass is 32.2. The van der Waals surface area contributed by atoms with Gasteiger partial charge in [-0.05, 0) is 37.1 Å². The Morgan fingerprint density at radius 2 is 2.04 bits per heavy atom. The minimum atomic E-state index is -3.19. The molecule has 0 aliphatic carbocycles. The molecule has 2 aliphatic heterocycles. The highest BCUT2D eigenvalue weighted by molar-refractivity contribution is 7.89. The van der Waals surface area contributed by atoms with Crippen molar-refractivity contribution in [1.82, 2.24) is 9.21 Å². The smallest absolute Gasteiger partial charge is 0.253 e. The largest absolute Gasteiger partial charge is 0.493 e. The highest BCUT2D eigenvalue weighted by Crippen LogP contribution is 2.26. The van der Waals surface area contributed by atoms with Gasteiger partial charge in [0.25, 0.3) is 5.91 Å². The van der Waals surface area contributed by atoms with Crippen LogP contribution in [0.3, 0.4) is 0 Å². The van der Waals surface area contributed by atoms with Gasteiger partial charge in [0.1, 0.15) is 5.75 Å². The second-order valence-electron chi connectivity index (χ2n) is 5.87. The second kappa shape index (κ2) is 6.49. The van der Waals surface area contributed by atoms with Gasteiger partial charge < -0.3 is 9.64 Å². The molecular weight excluding hydrogens is 316 g/mol. The van der Waals surface area contributed by atoms with Gasteiger partial charge >= 0.3 is 0 Å². The lowest BCUT2D eigenvalue weighted by molar-refractivity contribution is 0.0764. The van der Waals surface area contributed by atoms with E-state index in [9.17, 15) is 13.2 Å². The minimum Gasteiger partial charge on any atom is -0.493 e. The molecule has 0 radical (unpaired) electrons. The van der Waals surface area contributed by atoms with Gasteiger partial charge in [-0.25, -0.2) is 12.7 Å². The van der Waals surface area contributed by atoms with Gasteiger partial charge in [0.15, 0.2) is 0 Å². The number of nitrogens with zero attached hydrogens (tertiary/aromatic N) is 2. The van der Waals surface area contributed by atoms with Crippen LogP contribution in [0.4, 0.5) is 0 Å². The molecule has 6 nitrogen and oxygen atoms in total. The summed E-state index contributed by atoms with van der Waals surface area (Å²) in [7, 11) is -3.19. The van der Waals surface area contributed by atoms with Crippen LogP contribution in [0.2, 0.25) is 0 Å². The fourth-order valence-electron chi connectivity index (χ4n) is 3.06. The van der Waals surface area contributed by atoms with E-state index < -0.39 is 10.0 Å². The summed E-state index contributed by atoms with van der Waals surface area (Å²) in [5.41, 5.74) is 1.72. The summed E-state index contributed by atoms with van der Waals surface area (Å²) >= 11 is 0. The van der Waals surface area contributed by atoms with Crippen molar-refractivity contribution in [3.63, 3.8) is 0 Å². The first-order chi connectivity index (χ1) is 11.0. The van der Waals surface area contributed by atoms with Crippen molar-refractivity contribution in [1.29, 1.82) is 0 Å². The third kappa shape index (κ3) is 3.35. The first-order valence-electron chi connectivity index (χ1n) is 8.04. The third-order valence-corrected chi connectivity index (χ3v) is 6.32. The minimum absolute atomic E-state index is 0.0320. The van der Waals surface area contributed by atoms with Gasteiger partial charge in [-0.15, -0.1) is 0 Å². The van der Waals surface area contributed by atoms with Crippen LogP contribution in [0, 0.1) is 0 Å². The molecule has 2 heterocycles. The van der Waals surface area contributed by atoms with Crippen LogP contribution in [0.5, 0.6) is 5.75 Å². The van der Waals surface area contributed by atoms with E-state index in [0.29, 0.717) is 44.8 Å². The Labute approximate surface area is 137 Å². The number of ether oxygens (including phenoxy) is 1. The maximum absolute atomic E-state index is 12.7. The third-order valence-electron chi connectivity index (χ3n) is 4.44. The maximum atomic E-state index is 12.7. The van der Waals surface area contributed by atoms with Crippen LogP contribution in [-0.2, 0) is 16.4 Å². The van der Waals surface area contributed by atoms with E-state index in [1.807, 2.05) is 12.1 Å². The molecule has 0 atom stereocenters. The normalized spacial score (nSPS) is 19.1. The van der Waals surface area contributed by atoms with E-state index in [4.69, 9.17) is 4.74 Å². The molecular formula is C16H22N2O4S. The molecule has 0 unspecified atom stereocenters. The topological polar surface area (TPSA) is 66.9 Å². The number of benzene rings is 1. The Balaban J connectivity index is 1.71. The van der Waals surface area contributed by atoms with Crippen LogP contribution < -0.4 is 4.74 Å². The van der Waals surface area contributed by atoms with Crippen LogP contribution in [0.15, 0.2) is 18.2 Å². The quantitative estimate of drug-likeness (QED) is 0.828. The lowest BCUT2D eigenvalue weighted by Gasteiger charge is -2.21. The predicted molar refractivity (Wildman–Crippen MR) is 87.2 cm³/mol. The Hall–Kier alpha value is -1.60. The maximum Gasteiger partial charge on any atom is 0.253 e. The molecule has 0 aromatic heterocycles. The van der Waals surface area contributed by atoms with Crippen LogP contribution >= 0.6 is 0 Å². The number of hydrogen-bond acceptors (Lipinski definition) is 4. The number of sulfonamides is 1. The first-order valence-corrected chi connectivity index (χ1v) is 9.65. The van der Waals surface area contributed by atoms with E-state index in [1.54, 1.807) is 17.9 Å². The Bertz CT molecular complexity index is 702. The van der Waals surface area contributed by atoms with E-state index in [-0.39, 0.29) is 11.7 Å². The van der Waals surface area contributed by atoms with E-state index in [1.165, 1.54) is 4.31 Å². The SMILES string of the molecule is CCS(=O)(=O)N1CCCN(C(=O)c2ccc3c(c2)CCO3)CC1. The Kier molecular flexibility index (Phi) is 4.59. The Morgan fingerprint density at radius 1 is 1.22 bits per heavy atom. The van der Waals surface area contributed by atoms with Crippen molar-refractivity contribution in [2.75, 3.05) is 38.5 Å². The molecule has 1 aromatic rings. The van der Waals surface area contributed by atoms with Crippen molar-refractivity contribution < 1.29 is 17.9 Å². The number of carbonyl (C=O) groups excluding carboxylic acids is 1. The standard InChI is InChI=1S/C16H22N2O4S/c1-2-23(20,21)18-8-3-7-17(9-10-18)16(19)14-4-5-15-13(12-14)6-11-22-15/h4-5,12H,2-3,6-11H2,1H3. The number of fused-ring (bicyclic) bond motifs is 1. The molecule has 23 heavy (non-hydrogen) atoms. The lowest BCUT2D eigenvalue weighted by Crippen LogP contribution is -2.37. The zero-order chi connectivity index (χ0) is 16.4. The van der Waals surface area contributed by atoms with Gasteiger partial charge in [0.2, 0.25) is 10.0 Å². The molecule has 1 amide bonds. The van der Waals surface area contributed by atoms with Gasteiger partial charge in [0, 0.05) is 38.2 Å². The lowest BCUT2D eigenvalue weighted by atomic mass is 10.1. The second-order valence-corrected chi connectivity index (χ2v) is 8.12. The average Bonchev–Trinajstić information content (AvgIpc) is 2.87. The first kappa shape index (κ1) is 16.3. The molecule has 1 saturated heterocycles. The van der Waals surface area contributed by atoms with Gasteiger partial charge in [0.05, 0.1) is 12.4 Å². The monoisotopic (exact) mass is 338 g/mol. The van der Waals surface area contributed by atoms with Gasteiger partial charge in [-0.1, -0.05) is 0 Å². The molecule has 0 spiro atoms. The molecule has 2 aliphatic rings. The van der Waals surface area contributed by atoms with E-state index in [0.717, 1.165) is 17.7 Å². The summed E-state index contributed by atoms with van der Waals surface area (Å²) in [4.78, 5) is 14.4. The summed E-state index contributed by atoms with van der Waals surface area (Å²) in [5, 5.41) is 0. The van der Waals surface area contributed by atoms with Crippen molar-refractivity contribution >= 4 is 15.9 Å². The average molecular weight is 338 g/mol. The van der Waals surface area contributed by atoms with Crippen molar-refractivity contribution in [2.24, 2.45) is 0 Å². The van der Waals surface area contributed by atoms with Gasteiger partial charge in [-0.2, -0.15) is 0 Å². The van der Waals surface area contributed by atoms with E-state index >= 15 is 0 Å². The Morgan fingerprint density at radius 3 is 2.83 bits per heavy atom. The molecule has 126 valence electrons. The van der Waals surface area contributed by atoms with Crippen molar-refractivity contribution in [3.05, 3.63) is 29.3 Å². The fraction of sp³-hybridized carbons (Fsp3) is 0.562. The summed E-state index contributed by atoms with van der Waals surface area (Å²) < 4.78 is 30.9. The summed E-state index contributed by atoms with van der Waals surface area (Å²) in [6, 6.07) is 5.54. The van der Waals surface area contributed by atoms with Crippen LogP contribution in [-0.4, -0.2) is 62.1 Å². The van der Waals surface area contributed by atoms with Crippen molar-refractivity contribution in [2.45, 2.75) is 19.8 Å². The number of amides is 1. The van der Waals surface area contributed by atoms with Crippen LogP contribution in [0.25, 0.3) is 0 Å². The summed E-state index contributed by atoms with van der Waals surface area (Å²) in [6.07, 6.45) is 1.50. The molecule has 1 aromatic carbocycles. The molecule has 7 heteroatoms. The highest BCUT2D eigenvalue weighted by Gasteiger charge is 2.26. The summed E-state index contributed by atoms with van der Waals surface area (Å²) in [6.45, 7) is 4.19. The number of carbonyl (C=O) groups is 1. The summed E-state index contributed by atoms with van der Waals surface area (Å²) in [5.74, 6) is 0.930.